The maximum atomic E-state index is 13.1. The topological polar surface area (TPSA) is 46.2 Å². The Hall–Kier alpha value is -2.26. The highest BCUT2D eigenvalue weighted by molar-refractivity contribution is 6.05. The van der Waals surface area contributed by atoms with Crippen LogP contribution in [0.25, 0.3) is 0 Å². The maximum Gasteiger partial charge on any atom is 0.182 e. The predicted molar refractivity (Wildman–Crippen MR) is 121 cm³/mol. The zero-order valence-corrected chi connectivity index (χ0v) is 19.1. The van der Waals surface area contributed by atoms with E-state index in [1.807, 2.05) is 76.2 Å². The summed E-state index contributed by atoms with van der Waals surface area (Å²) in [5.74, 6) is 0.792. The summed E-state index contributed by atoms with van der Waals surface area (Å²) < 4.78 is 0. The molecule has 29 heavy (non-hydrogen) atoms. The van der Waals surface area contributed by atoms with E-state index in [4.69, 9.17) is 0 Å². The molecule has 0 saturated heterocycles. The summed E-state index contributed by atoms with van der Waals surface area (Å²) in [6.45, 7) is 15.9. The molecule has 0 saturated carbocycles. The lowest BCUT2D eigenvalue weighted by molar-refractivity contribution is 0.0774. The summed E-state index contributed by atoms with van der Waals surface area (Å²) in [5, 5.41) is 3.30. The number of carbonyl (C=O) groups is 2. The SMILES string of the molecule is CC(C)c1ccc(C(=O)C(C)(C)NC(C)(C)C(=O)c2ccc(C(C)C)cc2)cc1. The number of hydrogen-bond donors (Lipinski definition) is 1. The third kappa shape index (κ3) is 5.42. The summed E-state index contributed by atoms with van der Waals surface area (Å²) in [6, 6.07) is 15.5. The number of nitrogens with one attached hydrogen (secondary N) is 1. The van der Waals surface area contributed by atoms with Gasteiger partial charge in [0, 0.05) is 11.1 Å². The van der Waals surface area contributed by atoms with Gasteiger partial charge in [0.2, 0.25) is 0 Å². The van der Waals surface area contributed by atoms with Gasteiger partial charge in [-0.25, -0.2) is 0 Å². The van der Waals surface area contributed by atoms with Gasteiger partial charge in [-0.3, -0.25) is 14.9 Å². The van der Waals surface area contributed by atoms with Crippen molar-refractivity contribution in [2.45, 2.75) is 78.3 Å². The summed E-state index contributed by atoms with van der Waals surface area (Å²) in [7, 11) is 0. The molecule has 0 atom stereocenters. The van der Waals surface area contributed by atoms with E-state index in [9.17, 15) is 9.59 Å². The highest BCUT2D eigenvalue weighted by atomic mass is 16.1. The van der Waals surface area contributed by atoms with Crippen molar-refractivity contribution < 1.29 is 9.59 Å². The van der Waals surface area contributed by atoms with Crippen LogP contribution in [0.15, 0.2) is 48.5 Å². The average Bonchev–Trinajstić information content (AvgIpc) is 2.66. The van der Waals surface area contributed by atoms with Crippen molar-refractivity contribution >= 4 is 11.6 Å². The van der Waals surface area contributed by atoms with Crippen LogP contribution in [0.1, 0.15) is 99.1 Å². The molecule has 0 aliphatic rings. The minimum absolute atomic E-state index is 0.0242. The van der Waals surface area contributed by atoms with Gasteiger partial charge in [-0.15, -0.1) is 0 Å². The lowest BCUT2D eigenvalue weighted by atomic mass is 9.85. The van der Waals surface area contributed by atoms with Crippen LogP contribution < -0.4 is 5.32 Å². The third-order valence-electron chi connectivity index (χ3n) is 5.44. The smallest absolute Gasteiger partial charge is 0.182 e. The second-order valence-electron chi connectivity index (χ2n) is 9.59. The molecular formula is C26H35NO2. The van der Waals surface area contributed by atoms with Crippen molar-refractivity contribution in [1.29, 1.82) is 0 Å². The van der Waals surface area contributed by atoms with Gasteiger partial charge in [-0.1, -0.05) is 76.2 Å². The monoisotopic (exact) mass is 393 g/mol. The molecule has 0 fully saturated rings. The van der Waals surface area contributed by atoms with Gasteiger partial charge < -0.3 is 0 Å². The number of carbonyl (C=O) groups excluding carboxylic acids is 2. The van der Waals surface area contributed by atoms with Crippen LogP contribution in [-0.2, 0) is 0 Å². The first-order valence-corrected chi connectivity index (χ1v) is 10.4. The van der Waals surface area contributed by atoms with Gasteiger partial charge in [-0.2, -0.15) is 0 Å². The average molecular weight is 394 g/mol. The molecule has 0 radical (unpaired) electrons. The molecule has 0 heterocycles. The van der Waals surface area contributed by atoms with E-state index in [2.05, 4.69) is 33.0 Å². The molecule has 0 amide bonds. The second kappa shape index (κ2) is 8.62. The number of hydrogen-bond acceptors (Lipinski definition) is 3. The van der Waals surface area contributed by atoms with Crippen molar-refractivity contribution in [1.82, 2.24) is 5.32 Å². The minimum Gasteiger partial charge on any atom is -0.293 e. The van der Waals surface area contributed by atoms with E-state index in [1.165, 1.54) is 11.1 Å². The molecule has 2 aromatic rings. The maximum absolute atomic E-state index is 13.1. The van der Waals surface area contributed by atoms with Crippen molar-refractivity contribution in [2.24, 2.45) is 0 Å². The van der Waals surface area contributed by atoms with Crippen LogP contribution in [-0.4, -0.2) is 22.6 Å². The number of ketones is 2. The highest BCUT2D eigenvalue weighted by Gasteiger charge is 2.38. The van der Waals surface area contributed by atoms with Crippen molar-refractivity contribution in [3.8, 4) is 0 Å². The number of Topliss-reactive ketones (excluding diaryl/α,β-unsaturated/α-hetero) is 2. The zero-order valence-electron chi connectivity index (χ0n) is 19.1. The lowest BCUT2D eigenvalue weighted by Gasteiger charge is -2.35. The summed E-state index contributed by atoms with van der Waals surface area (Å²) in [6.07, 6.45) is 0. The van der Waals surface area contributed by atoms with Gasteiger partial charge in [0.05, 0.1) is 11.1 Å². The quantitative estimate of drug-likeness (QED) is 0.547. The first-order chi connectivity index (χ1) is 13.3. The highest BCUT2D eigenvalue weighted by Crippen LogP contribution is 2.23. The van der Waals surface area contributed by atoms with Crippen LogP contribution in [0.5, 0.6) is 0 Å². The van der Waals surface area contributed by atoms with Crippen LogP contribution in [0.4, 0.5) is 0 Å². The number of benzene rings is 2. The fourth-order valence-electron chi connectivity index (χ4n) is 3.66. The predicted octanol–water partition coefficient (Wildman–Crippen LogP) is 6.15. The molecule has 0 unspecified atom stereocenters. The fraction of sp³-hybridized carbons (Fsp3) is 0.462. The lowest BCUT2D eigenvalue weighted by Crippen LogP contribution is -2.59. The Morgan fingerprint density at radius 1 is 0.621 bits per heavy atom. The van der Waals surface area contributed by atoms with Gasteiger partial charge in [0.1, 0.15) is 0 Å². The molecule has 3 heteroatoms. The molecule has 0 aliphatic carbocycles. The largest absolute Gasteiger partial charge is 0.293 e. The molecule has 3 nitrogen and oxygen atoms in total. The Balaban J connectivity index is 2.19. The normalized spacial score (nSPS) is 12.5. The van der Waals surface area contributed by atoms with Gasteiger partial charge in [0.15, 0.2) is 11.6 Å². The Kier molecular flexibility index (Phi) is 6.85. The molecule has 2 aromatic carbocycles. The molecule has 0 aromatic heterocycles. The van der Waals surface area contributed by atoms with E-state index < -0.39 is 11.1 Å². The summed E-state index contributed by atoms with van der Waals surface area (Å²) in [5.41, 5.74) is 1.94. The molecule has 0 spiro atoms. The Labute approximate surface area is 175 Å². The van der Waals surface area contributed by atoms with Gasteiger partial charge >= 0.3 is 0 Å². The van der Waals surface area contributed by atoms with Crippen molar-refractivity contribution in [3.63, 3.8) is 0 Å². The Morgan fingerprint density at radius 3 is 1.14 bits per heavy atom. The molecule has 0 aliphatic heterocycles. The second-order valence-corrected chi connectivity index (χ2v) is 9.59. The molecule has 2 rings (SSSR count). The fourth-order valence-corrected chi connectivity index (χ4v) is 3.66. The first-order valence-electron chi connectivity index (χ1n) is 10.4. The molecular weight excluding hydrogens is 358 g/mol. The summed E-state index contributed by atoms with van der Waals surface area (Å²) in [4.78, 5) is 26.3. The van der Waals surface area contributed by atoms with E-state index >= 15 is 0 Å². The van der Waals surface area contributed by atoms with E-state index in [0.29, 0.717) is 23.0 Å². The van der Waals surface area contributed by atoms with Crippen LogP contribution in [0.3, 0.4) is 0 Å². The third-order valence-corrected chi connectivity index (χ3v) is 5.44. The zero-order chi connectivity index (χ0) is 22.0. The standard InChI is InChI=1S/C26H35NO2/c1-17(2)19-9-13-21(14-10-19)23(28)25(5,6)27-26(7,8)24(29)22-15-11-20(12-16-22)18(3)4/h9-18,27H,1-8H3. The van der Waals surface area contributed by atoms with Crippen LogP contribution in [0.2, 0.25) is 0 Å². The Bertz CT molecular complexity index is 783. The number of rotatable bonds is 8. The van der Waals surface area contributed by atoms with Crippen LogP contribution in [0, 0.1) is 0 Å². The molecule has 0 bridgehead atoms. The molecule has 1 N–H and O–H groups in total. The van der Waals surface area contributed by atoms with E-state index in [-0.39, 0.29) is 11.6 Å². The van der Waals surface area contributed by atoms with Crippen molar-refractivity contribution in [3.05, 3.63) is 70.8 Å². The first kappa shape index (κ1) is 23.0. The molecule has 156 valence electrons. The van der Waals surface area contributed by atoms with Crippen molar-refractivity contribution in [2.75, 3.05) is 0 Å². The van der Waals surface area contributed by atoms with Crippen LogP contribution >= 0.6 is 0 Å². The summed E-state index contributed by atoms with van der Waals surface area (Å²) >= 11 is 0. The van der Waals surface area contributed by atoms with Gasteiger partial charge in [-0.05, 0) is 50.7 Å². The van der Waals surface area contributed by atoms with E-state index in [1.54, 1.807) is 0 Å². The Morgan fingerprint density at radius 2 is 0.897 bits per heavy atom. The minimum atomic E-state index is -0.879. The van der Waals surface area contributed by atoms with E-state index in [0.717, 1.165) is 0 Å². The van der Waals surface area contributed by atoms with Gasteiger partial charge in [0.25, 0.3) is 0 Å².